The molecule has 0 saturated carbocycles. The minimum Gasteiger partial charge on any atom is -0.308 e. The summed E-state index contributed by atoms with van der Waals surface area (Å²) in [5, 5.41) is 14.5. The highest BCUT2D eigenvalue weighted by Crippen LogP contribution is 2.45. The van der Waals surface area contributed by atoms with Gasteiger partial charge < -0.3 is 9.13 Å². The fourth-order valence-corrected chi connectivity index (χ4v) is 7.13. The van der Waals surface area contributed by atoms with Gasteiger partial charge in [-0.25, -0.2) is 0 Å². The van der Waals surface area contributed by atoms with Crippen LogP contribution in [0.1, 0.15) is 27.8 Å². The van der Waals surface area contributed by atoms with E-state index in [2.05, 4.69) is 6.07 Å². The molecule has 0 fully saturated rings. The molecule has 246 valence electrons. The molecule has 0 aliphatic rings. The number of fused-ring (bicyclic) bond motifs is 6. The average molecular weight is 674 g/mol. The molecule has 3 nitrogen and oxygen atoms in total. The van der Waals surface area contributed by atoms with Crippen molar-refractivity contribution in [3.8, 4) is 28.6 Å². The Labute approximate surface area is 281 Å². The largest absolute Gasteiger partial charge is 0.417 e. The Balaban J connectivity index is 1.57. The lowest BCUT2D eigenvalue weighted by atomic mass is 9.94. The maximum absolute atomic E-state index is 14.7. The smallest absolute Gasteiger partial charge is 0.308 e. The van der Waals surface area contributed by atoms with Crippen molar-refractivity contribution in [2.75, 3.05) is 0 Å². The van der Waals surface area contributed by atoms with Crippen LogP contribution in [0.5, 0.6) is 0 Å². The van der Waals surface area contributed by atoms with Gasteiger partial charge in [0.2, 0.25) is 0 Å². The van der Waals surface area contributed by atoms with Crippen LogP contribution in [0.15, 0.2) is 115 Å². The van der Waals surface area contributed by atoms with Gasteiger partial charge in [0.25, 0.3) is 0 Å². The molecule has 0 radical (unpaired) electrons. The second-order valence-electron chi connectivity index (χ2n) is 12.5. The summed E-state index contributed by atoms with van der Waals surface area (Å²) in [6.07, 6.45) is -10.1. The van der Waals surface area contributed by atoms with Gasteiger partial charge in [0, 0.05) is 21.5 Å². The first-order valence-electron chi connectivity index (χ1n) is 15.7. The second kappa shape index (κ2) is 11.0. The maximum atomic E-state index is 14.7. The summed E-state index contributed by atoms with van der Waals surface area (Å²) >= 11 is 0. The molecule has 0 bridgehead atoms. The lowest BCUT2D eigenvalue weighted by Crippen LogP contribution is -2.12. The van der Waals surface area contributed by atoms with E-state index in [0.29, 0.717) is 28.5 Å². The first-order valence-corrected chi connectivity index (χ1v) is 15.7. The van der Waals surface area contributed by atoms with Crippen molar-refractivity contribution in [2.45, 2.75) is 26.2 Å². The Hall–Kier alpha value is -6.01. The van der Waals surface area contributed by atoms with E-state index in [1.807, 2.05) is 108 Å². The summed E-state index contributed by atoms with van der Waals surface area (Å²) in [6, 6.07) is 33.8. The Morgan fingerprint density at radius 1 is 0.520 bits per heavy atom. The number of halogens is 6. The Morgan fingerprint density at radius 2 is 1.00 bits per heavy atom. The zero-order chi connectivity index (χ0) is 35.1. The van der Waals surface area contributed by atoms with E-state index < -0.39 is 29.0 Å². The number of rotatable bonds is 3. The van der Waals surface area contributed by atoms with Crippen molar-refractivity contribution in [1.82, 2.24) is 9.13 Å². The predicted octanol–water partition coefficient (Wildman–Crippen LogP) is 12.1. The van der Waals surface area contributed by atoms with Crippen LogP contribution in [-0.2, 0) is 12.4 Å². The van der Waals surface area contributed by atoms with Gasteiger partial charge in [-0.1, -0.05) is 65.7 Å². The molecule has 50 heavy (non-hydrogen) atoms. The first-order chi connectivity index (χ1) is 23.8. The predicted molar refractivity (Wildman–Crippen MR) is 185 cm³/mol. The van der Waals surface area contributed by atoms with Crippen LogP contribution in [0.3, 0.4) is 0 Å². The van der Waals surface area contributed by atoms with Crippen molar-refractivity contribution in [3.05, 3.63) is 143 Å². The number of hydrogen-bond acceptors (Lipinski definition) is 1. The zero-order valence-electron chi connectivity index (χ0n) is 26.6. The van der Waals surface area contributed by atoms with Gasteiger partial charge in [0.1, 0.15) is 11.6 Å². The number of alkyl halides is 6. The maximum Gasteiger partial charge on any atom is 0.417 e. The molecular weight excluding hydrogens is 648 g/mol. The summed E-state index contributed by atoms with van der Waals surface area (Å²) in [6.45, 7) is 3.91. The van der Waals surface area contributed by atoms with Gasteiger partial charge in [-0.2, -0.15) is 31.6 Å². The summed E-state index contributed by atoms with van der Waals surface area (Å²) in [4.78, 5) is 0. The molecule has 8 aromatic rings. The normalized spacial score (nSPS) is 12.4. The molecule has 8 rings (SSSR count). The molecule has 0 unspecified atom stereocenters. The third kappa shape index (κ3) is 4.82. The molecule has 0 amide bonds. The second-order valence-corrected chi connectivity index (χ2v) is 12.5. The summed E-state index contributed by atoms with van der Waals surface area (Å²) in [7, 11) is 0. The topological polar surface area (TPSA) is 33.6 Å². The molecule has 6 aromatic carbocycles. The van der Waals surface area contributed by atoms with Crippen LogP contribution >= 0.6 is 0 Å². The average Bonchev–Trinajstić information content (AvgIpc) is 3.58. The molecule has 0 aliphatic heterocycles. The van der Waals surface area contributed by atoms with Crippen molar-refractivity contribution < 1.29 is 26.3 Å². The fourth-order valence-electron chi connectivity index (χ4n) is 7.13. The highest BCUT2D eigenvalue weighted by molar-refractivity contribution is 6.11. The first kappa shape index (κ1) is 31.3. The van der Waals surface area contributed by atoms with E-state index in [4.69, 9.17) is 0 Å². The van der Waals surface area contributed by atoms with E-state index in [1.54, 1.807) is 0 Å². The quantitative estimate of drug-likeness (QED) is 0.172. The molecule has 2 aromatic heterocycles. The number of nitriles is 1. The summed E-state index contributed by atoms with van der Waals surface area (Å²) in [5.41, 5.74) is 2.37. The summed E-state index contributed by atoms with van der Waals surface area (Å²) in [5.74, 6) is 0. The van der Waals surface area contributed by atoms with E-state index in [1.165, 1.54) is 12.1 Å². The number of para-hydroxylation sites is 2. The van der Waals surface area contributed by atoms with Crippen LogP contribution in [0.4, 0.5) is 26.3 Å². The molecule has 2 heterocycles. The Morgan fingerprint density at radius 3 is 1.46 bits per heavy atom. The SMILES string of the molecule is Cc1ccc2c(c1)c1ccccc1n2-c1cc(-c2ccc(C(F)(F)F)cc2C(F)(F)F)cc(-n2c3ccccc3c3cc(C)ccc32)c1C#N. The van der Waals surface area contributed by atoms with Crippen LogP contribution < -0.4 is 0 Å². The van der Waals surface area contributed by atoms with Gasteiger partial charge >= 0.3 is 12.4 Å². The fraction of sp³-hybridized carbons (Fsp3) is 0.0976. The standard InChI is InChI=1S/C41H25F6N3/c1-23-11-15-36-30(17-23)28-7-3-5-9-34(28)49(36)38-19-25(27-14-13-26(40(42,43)44)21-33(27)41(45,46)47)20-39(32(38)22-48)50-35-10-6-4-8-29(35)31-18-24(2)12-16-37(31)50/h3-21H,1-2H3. The van der Waals surface area contributed by atoms with Gasteiger partial charge in [0.05, 0.1) is 44.6 Å². The number of aryl methyl sites for hydroxylation is 2. The molecule has 0 atom stereocenters. The van der Waals surface area contributed by atoms with E-state index in [0.717, 1.165) is 49.8 Å². The zero-order valence-corrected chi connectivity index (χ0v) is 26.6. The number of benzene rings is 6. The van der Waals surface area contributed by atoms with E-state index in [-0.39, 0.29) is 17.2 Å². The summed E-state index contributed by atoms with van der Waals surface area (Å²) < 4.78 is 88.9. The molecule has 0 N–H and O–H groups in total. The van der Waals surface area contributed by atoms with E-state index >= 15 is 0 Å². The molecule has 9 heteroatoms. The van der Waals surface area contributed by atoms with E-state index in [9.17, 15) is 31.6 Å². The monoisotopic (exact) mass is 673 g/mol. The Bertz CT molecular complexity index is 2580. The molecular formula is C41H25F6N3. The lowest BCUT2D eigenvalue weighted by Gasteiger charge is -2.21. The molecule has 0 spiro atoms. The van der Waals surface area contributed by atoms with Crippen LogP contribution in [0.25, 0.3) is 66.1 Å². The molecule has 0 aliphatic carbocycles. The van der Waals surface area contributed by atoms with Crippen LogP contribution in [-0.4, -0.2) is 9.13 Å². The molecule has 0 saturated heterocycles. The number of hydrogen-bond donors (Lipinski definition) is 0. The number of nitrogens with zero attached hydrogens (tertiary/aromatic N) is 3. The minimum atomic E-state index is -5.11. The van der Waals surface area contributed by atoms with Crippen molar-refractivity contribution in [3.63, 3.8) is 0 Å². The van der Waals surface area contributed by atoms with Gasteiger partial charge in [-0.3, -0.25) is 0 Å². The van der Waals surface area contributed by atoms with Crippen LogP contribution in [0, 0.1) is 25.2 Å². The minimum absolute atomic E-state index is 0.00568. The van der Waals surface area contributed by atoms with Crippen molar-refractivity contribution >= 4 is 43.6 Å². The highest BCUT2D eigenvalue weighted by atomic mass is 19.4. The van der Waals surface area contributed by atoms with Gasteiger partial charge in [-0.15, -0.1) is 0 Å². The van der Waals surface area contributed by atoms with Crippen LogP contribution in [0.2, 0.25) is 0 Å². The van der Waals surface area contributed by atoms with Gasteiger partial charge in [-0.05, 0) is 85.6 Å². The van der Waals surface area contributed by atoms with Gasteiger partial charge in [0.15, 0.2) is 0 Å². The van der Waals surface area contributed by atoms with Crippen molar-refractivity contribution in [2.24, 2.45) is 0 Å². The number of aromatic nitrogens is 2. The lowest BCUT2D eigenvalue weighted by molar-refractivity contribution is -0.142. The highest BCUT2D eigenvalue weighted by Gasteiger charge is 2.39. The third-order valence-corrected chi connectivity index (χ3v) is 9.31. The third-order valence-electron chi connectivity index (χ3n) is 9.31. The van der Waals surface area contributed by atoms with Crippen molar-refractivity contribution in [1.29, 1.82) is 5.26 Å². The Kier molecular flexibility index (Phi) is 6.88.